The van der Waals surface area contributed by atoms with Gasteiger partial charge in [0.15, 0.2) is 0 Å². The van der Waals surface area contributed by atoms with Crippen LogP contribution in [0.2, 0.25) is 0 Å². The molecule has 1 aliphatic carbocycles. The molecule has 2 aliphatic heterocycles. The van der Waals surface area contributed by atoms with E-state index in [-0.39, 0.29) is 35.4 Å². The Labute approximate surface area is 155 Å². The lowest BCUT2D eigenvalue weighted by Crippen LogP contribution is -2.56. The number of allylic oxidation sites excluding steroid dienone is 1. The van der Waals surface area contributed by atoms with Gasteiger partial charge in [-0.05, 0) is 40.0 Å². The van der Waals surface area contributed by atoms with Crippen molar-refractivity contribution in [2.45, 2.75) is 69.5 Å². The van der Waals surface area contributed by atoms with Gasteiger partial charge in [-0.2, -0.15) is 0 Å². The number of methoxy groups -OCH3 is 1. The molecule has 3 unspecified atom stereocenters. The Balaban J connectivity index is 1.72. The van der Waals surface area contributed by atoms with E-state index >= 15 is 0 Å². The molecular weight excluding hydrogens is 336 g/mol. The Morgan fingerprint density at radius 3 is 2.73 bits per heavy atom. The summed E-state index contributed by atoms with van der Waals surface area (Å²) in [6, 6.07) is 0. The number of nitrogens with one attached hydrogen (secondary N) is 1. The zero-order valence-electron chi connectivity index (χ0n) is 16.2. The Kier molecular flexibility index (Phi) is 5.63. The fourth-order valence-electron chi connectivity index (χ4n) is 4.42. The number of ether oxygens (including phenoxy) is 4. The van der Waals surface area contributed by atoms with Crippen molar-refractivity contribution in [1.29, 1.82) is 0 Å². The molecule has 1 spiro atoms. The molecule has 1 amide bonds. The van der Waals surface area contributed by atoms with Gasteiger partial charge in [0.1, 0.15) is 23.4 Å². The fourth-order valence-corrected chi connectivity index (χ4v) is 4.42. The normalized spacial score (nSPS) is 40.8. The lowest BCUT2D eigenvalue weighted by Gasteiger charge is -2.42. The summed E-state index contributed by atoms with van der Waals surface area (Å²) in [5, 5.41) is 2.66. The highest BCUT2D eigenvalue weighted by molar-refractivity contribution is 5.67. The average molecular weight is 368 g/mol. The minimum absolute atomic E-state index is 0.0385. The molecule has 3 fully saturated rings. The number of nitrogens with two attached hydrogens (primary N) is 1. The van der Waals surface area contributed by atoms with E-state index in [1.165, 1.54) is 5.57 Å². The van der Waals surface area contributed by atoms with Crippen LogP contribution < -0.4 is 11.1 Å². The molecule has 7 nitrogen and oxygen atoms in total. The van der Waals surface area contributed by atoms with E-state index in [4.69, 9.17) is 24.7 Å². The summed E-state index contributed by atoms with van der Waals surface area (Å²) in [6.07, 6.45) is 3.78. The largest absolute Gasteiger partial charge is 0.443 e. The maximum atomic E-state index is 12.0. The van der Waals surface area contributed by atoms with E-state index in [2.05, 4.69) is 32.2 Å². The number of carbonyl (C=O) groups is 1. The van der Waals surface area contributed by atoms with E-state index < -0.39 is 6.09 Å². The summed E-state index contributed by atoms with van der Waals surface area (Å²) in [5.41, 5.74) is 6.18. The maximum Gasteiger partial charge on any atom is 0.407 e. The molecule has 148 valence electrons. The second-order valence-corrected chi connectivity index (χ2v) is 8.04. The van der Waals surface area contributed by atoms with Gasteiger partial charge in [-0.1, -0.05) is 11.6 Å². The van der Waals surface area contributed by atoms with Crippen molar-refractivity contribution in [1.82, 2.24) is 5.32 Å². The Hall–Kier alpha value is -1.15. The van der Waals surface area contributed by atoms with E-state index in [1.807, 2.05) is 0 Å². The van der Waals surface area contributed by atoms with Gasteiger partial charge in [0, 0.05) is 20.2 Å². The average Bonchev–Trinajstić information content (AvgIpc) is 3.50. The molecule has 2 saturated heterocycles. The zero-order valence-corrected chi connectivity index (χ0v) is 16.2. The van der Waals surface area contributed by atoms with E-state index in [0.717, 1.165) is 25.9 Å². The second kappa shape index (κ2) is 7.46. The highest BCUT2D eigenvalue weighted by Gasteiger charge is 2.72. The summed E-state index contributed by atoms with van der Waals surface area (Å²) in [4.78, 5) is 12.0. The molecule has 0 aromatic carbocycles. The Bertz CT molecular complexity index is 558. The van der Waals surface area contributed by atoms with Gasteiger partial charge in [-0.3, -0.25) is 0 Å². The molecule has 0 aromatic rings. The van der Waals surface area contributed by atoms with Gasteiger partial charge in [0.05, 0.1) is 18.6 Å². The molecule has 0 bridgehead atoms. The number of rotatable bonds is 7. The molecule has 2 heterocycles. The predicted molar refractivity (Wildman–Crippen MR) is 96.9 cm³/mol. The van der Waals surface area contributed by atoms with Crippen molar-refractivity contribution in [3.05, 3.63) is 11.6 Å². The number of hydrogen-bond donors (Lipinski definition) is 2. The number of carbonyl (C=O) groups excluding carboxylic acids is 1. The molecule has 0 aromatic heterocycles. The number of epoxide rings is 2. The summed E-state index contributed by atoms with van der Waals surface area (Å²) in [6.45, 7) is 7.81. The highest BCUT2D eigenvalue weighted by Crippen LogP contribution is 2.59. The number of alkyl carbamates (subject to hydrolysis) is 1. The van der Waals surface area contributed by atoms with Crippen molar-refractivity contribution < 1.29 is 23.7 Å². The lowest BCUT2D eigenvalue weighted by molar-refractivity contribution is -0.118. The van der Waals surface area contributed by atoms with Crippen molar-refractivity contribution in [2.24, 2.45) is 11.7 Å². The molecule has 1 saturated carbocycles. The van der Waals surface area contributed by atoms with Gasteiger partial charge < -0.3 is 30.0 Å². The van der Waals surface area contributed by atoms with Crippen LogP contribution in [0.1, 0.15) is 40.0 Å². The standard InChI is InChI=1S/C19H32N2O5/c1-12(2)5-6-14-18(3,26-14)16-15(23-4)13(7-8-19(16)11-24-19)25-17(22)21-10-9-20/h5,13-16H,6-11,20H2,1-4H3,(H,21,22)/t13?,14-,15?,16?,18+,19+/m1/s1. The van der Waals surface area contributed by atoms with E-state index in [9.17, 15) is 4.79 Å². The summed E-state index contributed by atoms with van der Waals surface area (Å²) < 4.78 is 23.5. The van der Waals surface area contributed by atoms with Crippen LogP contribution in [-0.4, -0.2) is 62.4 Å². The SMILES string of the molecule is COC1C(OC(=O)NCCN)CC[C@]2(CO2)C1[C@@]1(C)O[C@@H]1CC=C(C)C. The minimum Gasteiger partial charge on any atom is -0.443 e. The maximum absolute atomic E-state index is 12.0. The van der Waals surface area contributed by atoms with Crippen LogP contribution in [0, 0.1) is 5.92 Å². The molecular formula is C19H32N2O5. The molecule has 3 aliphatic rings. The van der Waals surface area contributed by atoms with Crippen LogP contribution in [-0.2, 0) is 18.9 Å². The predicted octanol–water partition coefficient (Wildman–Crippen LogP) is 1.75. The van der Waals surface area contributed by atoms with Gasteiger partial charge in [0.2, 0.25) is 0 Å². The van der Waals surface area contributed by atoms with Crippen molar-refractivity contribution >= 4 is 6.09 Å². The van der Waals surface area contributed by atoms with E-state index in [0.29, 0.717) is 13.1 Å². The molecule has 3 rings (SSSR count). The van der Waals surface area contributed by atoms with Crippen LogP contribution in [0.3, 0.4) is 0 Å². The third kappa shape index (κ3) is 3.76. The highest BCUT2D eigenvalue weighted by atomic mass is 16.6. The lowest BCUT2D eigenvalue weighted by atomic mass is 9.68. The molecule has 26 heavy (non-hydrogen) atoms. The molecule has 7 heteroatoms. The minimum atomic E-state index is -0.447. The quantitative estimate of drug-likeness (QED) is 0.525. The topological polar surface area (TPSA) is 98.6 Å². The summed E-state index contributed by atoms with van der Waals surface area (Å²) in [7, 11) is 1.67. The monoisotopic (exact) mass is 368 g/mol. The van der Waals surface area contributed by atoms with Gasteiger partial charge in [-0.15, -0.1) is 0 Å². The smallest absolute Gasteiger partial charge is 0.407 e. The van der Waals surface area contributed by atoms with Crippen molar-refractivity contribution in [2.75, 3.05) is 26.8 Å². The zero-order chi connectivity index (χ0) is 18.9. The second-order valence-electron chi connectivity index (χ2n) is 8.04. The van der Waals surface area contributed by atoms with Crippen LogP contribution in [0.5, 0.6) is 0 Å². The first-order chi connectivity index (χ1) is 12.4. The van der Waals surface area contributed by atoms with Gasteiger partial charge >= 0.3 is 6.09 Å². The molecule has 0 radical (unpaired) electrons. The van der Waals surface area contributed by atoms with Crippen LogP contribution >= 0.6 is 0 Å². The summed E-state index contributed by atoms with van der Waals surface area (Å²) >= 11 is 0. The number of hydrogen-bond acceptors (Lipinski definition) is 6. The third-order valence-electron chi connectivity index (χ3n) is 5.91. The van der Waals surface area contributed by atoms with Crippen LogP contribution in [0.25, 0.3) is 0 Å². The van der Waals surface area contributed by atoms with Gasteiger partial charge in [-0.25, -0.2) is 4.79 Å². The van der Waals surface area contributed by atoms with Crippen molar-refractivity contribution in [3.8, 4) is 0 Å². The first kappa shape index (κ1) is 19.6. The van der Waals surface area contributed by atoms with Gasteiger partial charge in [0.25, 0.3) is 0 Å². The first-order valence-electron chi connectivity index (χ1n) is 9.49. The Morgan fingerprint density at radius 2 is 2.15 bits per heavy atom. The van der Waals surface area contributed by atoms with E-state index in [1.54, 1.807) is 7.11 Å². The molecule has 3 N–H and O–H groups in total. The Morgan fingerprint density at radius 1 is 1.42 bits per heavy atom. The van der Waals surface area contributed by atoms with Crippen LogP contribution in [0.15, 0.2) is 11.6 Å². The molecule has 6 atom stereocenters. The van der Waals surface area contributed by atoms with Crippen LogP contribution in [0.4, 0.5) is 4.79 Å². The number of amides is 1. The first-order valence-corrected chi connectivity index (χ1v) is 9.49. The summed E-state index contributed by atoms with van der Waals surface area (Å²) in [5.74, 6) is 0.0385. The third-order valence-corrected chi connectivity index (χ3v) is 5.91. The van der Waals surface area contributed by atoms with Crippen molar-refractivity contribution in [3.63, 3.8) is 0 Å². The fraction of sp³-hybridized carbons (Fsp3) is 0.842.